The molecule has 0 bridgehead atoms. The van der Waals surface area contributed by atoms with E-state index in [1.165, 1.54) is 12.5 Å². The molecule has 1 N–H and O–H groups in total. The summed E-state index contributed by atoms with van der Waals surface area (Å²) in [4.78, 5) is 14.5. The molecule has 0 spiro atoms. The van der Waals surface area contributed by atoms with Crippen LogP contribution >= 0.6 is 27.5 Å². The lowest BCUT2D eigenvalue weighted by atomic mass is 9.93. The van der Waals surface area contributed by atoms with Gasteiger partial charge in [-0.05, 0) is 31.0 Å². The number of halogens is 2. The van der Waals surface area contributed by atoms with Crippen molar-refractivity contribution in [3.05, 3.63) is 28.2 Å². The molecule has 0 saturated heterocycles. The highest BCUT2D eigenvalue weighted by molar-refractivity contribution is 9.10. The van der Waals surface area contributed by atoms with E-state index in [0.29, 0.717) is 18.0 Å². The molecule has 110 valence electrons. The quantitative estimate of drug-likeness (QED) is 0.819. The third kappa shape index (κ3) is 3.67. The zero-order valence-corrected chi connectivity index (χ0v) is 13.7. The number of hydrogen-bond acceptors (Lipinski definition) is 2. The zero-order chi connectivity index (χ0) is 14.5. The average Bonchev–Trinajstić information content (AvgIpc) is 2.47. The van der Waals surface area contributed by atoms with Gasteiger partial charge in [0, 0.05) is 22.9 Å². The molecule has 1 aliphatic carbocycles. The van der Waals surface area contributed by atoms with Gasteiger partial charge >= 0.3 is 0 Å². The maximum Gasteiger partial charge on any atom is 0.257 e. The van der Waals surface area contributed by atoms with Crippen LogP contribution in [0.5, 0.6) is 5.75 Å². The summed E-state index contributed by atoms with van der Waals surface area (Å²) in [5.41, 5.74) is 0.343. The van der Waals surface area contributed by atoms with Crippen LogP contribution in [0.2, 0.25) is 0 Å². The molecule has 0 aliphatic heterocycles. The molecule has 3 nitrogen and oxygen atoms in total. The minimum atomic E-state index is -0.128. The molecule has 0 radical (unpaired) electrons. The summed E-state index contributed by atoms with van der Waals surface area (Å²) in [6.07, 6.45) is 5.60. The highest BCUT2D eigenvalue weighted by Crippen LogP contribution is 2.28. The highest BCUT2D eigenvalue weighted by Gasteiger charge is 2.27. The number of rotatable bonds is 4. The predicted octanol–water partition coefficient (Wildman–Crippen LogP) is 4.17. The number of phenols is 1. The first-order chi connectivity index (χ1) is 9.63. The lowest BCUT2D eigenvalue weighted by Crippen LogP contribution is -2.42. The normalized spacial score (nSPS) is 16.1. The van der Waals surface area contributed by atoms with E-state index in [-0.39, 0.29) is 17.7 Å². The van der Waals surface area contributed by atoms with Crippen molar-refractivity contribution in [2.45, 2.75) is 38.1 Å². The van der Waals surface area contributed by atoms with Crippen molar-refractivity contribution in [1.82, 2.24) is 4.90 Å². The van der Waals surface area contributed by atoms with Crippen molar-refractivity contribution in [3.63, 3.8) is 0 Å². The predicted molar refractivity (Wildman–Crippen MR) is 84.4 cm³/mol. The molecule has 0 atom stereocenters. The molecule has 2 rings (SSSR count). The van der Waals surface area contributed by atoms with Crippen molar-refractivity contribution >= 4 is 33.4 Å². The monoisotopic (exact) mass is 359 g/mol. The number of benzene rings is 1. The Hall–Kier alpha value is -0.740. The number of alkyl halides is 1. The zero-order valence-electron chi connectivity index (χ0n) is 11.3. The van der Waals surface area contributed by atoms with Crippen molar-refractivity contribution in [2.75, 3.05) is 12.4 Å². The molecule has 0 heterocycles. The maximum absolute atomic E-state index is 12.7. The molecular weight excluding hydrogens is 342 g/mol. The summed E-state index contributed by atoms with van der Waals surface area (Å²) in [5.74, 6) is 0.307. The standard InChI is InChI=1S/C15H19BrClNO2/c16-11-6-7-14(19)13(10-11)15(20)18(9-8-17)12-4-2-1-3-5-12/h6-7,10,12,19H,1-5,8-9H2. The van der Waals surface area contributed by atoms with Crippen molar-refractivity contribution in [1.29, 1.82) is 0 Å². The van der Waals surface area contributed by atoms with Gasteiger partial charge in [-0.3, -0.25) is 4.79 Å². The third-order valence-corrected chi connectivity index (χ3v) is 4.45. The Kier molecular flexibility index (Phi) is 5.73. The molecular formula is C15H19BrClNO2. The fourth-order valence-electron chi connectivity index (χ4n) is 2.77. The van der Waals surface area contributed by atoms with Gasteiger partial charge in [0.2, 0.25) is 0 Å². The molecule has 1 aliphatic rings. The molecule has 1 amide bonds. The summed E-state index contributed by atoms with van der Waals surface area (Å²) in [5, 5.41) is 9.92. The largest absolute Gasteiger partial charge is 0.507 e. The first-order valence-electron chi connectivity index (χ1n) is 6.99. The Morgan fingerprint density at radius 1 is 1.35 bits per heavy atom. The van der Waals surface area contributed by atoms with Crippen molar-refractivity contribution < 1.29 is 9.90 Å². The molecule has 1 aromatic rings. The lowest BCUT2D eigenvalue weighted by Gasteiger charge is -2.34. The second-order valence-corrected chi connectivity index (χ2v) is 6.43. The van der Waals surface area contributed by atoms with Gasteiger partial charge in [-0.15, -0.1) is 11.6 Å². The first kappa shape index (κ1) is 15.6. The average molecular weight is 361 g/mol. The second-order valence-electron chi connectivity index (χ2n) is 5.14. The number of nitrogens with zero attached hydrogens (tertiary/aromatic N) is 1. The van der Waals surface area contributed by atoms with Crippen LogP contribution in [0.15, 0.2) is 22.7 Å². The van der Waals surface area contributed by atoms with Crippen LogP contribution in [0, 0.1) is 0 Å². The van der Waals surface area contributed by atoms with Gasteiger partial charge in [0.05, 0.1) is 5.56 Å². The van der Waals surface area contributed by atoms with Gasteiger partial charge in [0.25, 0.3) is 5.91 Å². The van der Waals surface area contributed by atoms with Crippen LogP contribution in [-0.4, -0.2) is 34.4 Å². The summed E-state index contributed by atoms with van der Waals surface area (Å²) >= 11 is 9.19. The molecule has 0 aromatic heterocycles. The molecule has 0 unspecified atom stereocenters. The van der Waals surface area contributed by atoms with Gasteiger partial charge in [-0.1, -0.05) is 35.2 Å². The highest BCUT2D eigenvalue weighted by atomic mass is 79.9. The Balaban J connectivity index is 2.23. The summed E-state index contributed by atoms with van der Waals surface area (Å²) < 4.78 is 0.785. The van der Waals surface area contributed by atoms with E-state index < -0.39 is 0 Å². The summed E-state index contributed by atoms with van der Waals surface area (Å²) in [6.45, 7) is 0.525. The van der Waals surface area contributed by atoms with Gasteiger partial charge in [-0.25, -0.2) is 0 Å². The third-order valence-electron chi connectivity index (χ3n) is 3.79. The van der Waals surface area contributed by atoms with Crippen molar-refractivity contribution in [2.24, 2.45) is 0 Å². The van der Waals surface area contributed by atoms with E-state index in [0.717, 1.165) is 30.2 Å². The molecule has 1 saturated carbocycles. The fraction of sp³-hybridized carbons (Fsp3) is 0.533. The van der Waals surface area contributed by atoms with Gasteiger partial charge in [0.15, 0.2) is 0 Å². The second kappa shape index (κ2) is 7.32. The number of carbonyl (C=O) groups is 1. The molecule has 1 aromatic carbocycles. The molecule has 1 fully saturated rings. The minimum Gasteiger partial charge on any atom is -0.507 e. The number of amides is 1. The van der Waals surface area contributed by atoms with Crippen LogP contribution < -0.4 is 0 Å². The van der Waals surface area contributed by atoms with Crippen LogP contribution in [0.25, 0.3) is 0 Å². The minimum absolute atomic E-state index is 0.0218. The van der Waals surface area contributed by atoms with Crippen LogP contribution in [0.3, 0.4) is 0 Å². The van der Waals surface area contributed by atoms with E-state index in [2.05, 4.69) is 15.9 Å². The summed E-state index contributed by atoms with van der Waals surface area (Å²) in [6, 6.07) is 5.17. The first-order valence-corrected chi connectivity index (χ1v) is 8.31. The SMILES string of the molecule is O=C(c1cc(Br)ccc1O)N(CCCl)C1CCCCC1. The van der Waals surface area contributed by atoms with E-state index in [4.69, 9.17) is 11.6 Å². The van der Waals surface area contributed by atoms with Crippen LogP contribution in [0.4, 0.5) is 0 Å². The van der Waals surface area contributed by atoms with Gasteiger partial charge < -0.3 is 10.0 Å². The van der Waals surface area contributed by atoms with E-state index in [1.807, 2.05) is 4.90 Å². The Bertz CT molecular complexity index is 475. The fourth-order valence-corrected chi connectivity index (χ4v) is 3.31. The van der Waals surface area contributed by atoms with E-state index in [9.17, 15) is 9.90 Å². The van der Waals surface area contributed by atoms with Crippen LogP contribution in [-0.2, 0) is 0 Å². The lowest BCUT2D eigenvalue weighted by molar-refractivity contribution is 0.0646. The maximum atomic E-state index is 12.7. The van der Waals surface area contributed by atoms with Gasteiger partial charge in [0.1, 0.15) is 5.75 Å². The van der Waals surface area contributed by atoms with Crippen LogP contribution in [0.1, 0.15) is 42.5 Å². The number of phenolic OH excluding ortho intramolecular Hbond substituents is 1. The Labute approximate surface area is 133 Å². The topological polar surface area (TPSA) is 40.5 Å². The Morgan fingerprint density at radius 2 is 2.05 bits per heavy atom. The van der Waals surface area contributed by atoms with E-state index >= 15 is 0 Å². The van der Waals surface area contributed by atoms with E-state index in [1.54, 1.807) is 12.1 Å². The van der Waals surface area contributed by atoms with Gasteiger partial charge in [-0.2, -0.15) is 0 Å². The number of hydrogen-bond donors (Lipinski definition) is 1. The summed E-state index contributed by atoms with van der Waals surface area (Å²) in [7, 11) is 0. The van der Waals surface area contributed by atoms with Crippen molar-refractivity contribution in [3.8, 4) is 5.75 Å². The smallest absolute Gasteiger partial charge is 0.257 e. The number of aromatic hydroxyl groups is 1. The number of carbonyl (C=O) groups excluding carboxylic acids is 1. The molecule has 5 heteroatoms. The molecule has 20 heavy (non-hydrogen) atoms. The Morgan fingerprint density at radius 3 is 2.70 bits per heavy atom.